The van der Waals surface area contributed by atoms with E-state index in [0.29, 0.717) is 13.1 Å². The molecule has 0 N–H and O–H groups in total. The fourth-order valence-electron chi connectivity index (χ4n) is 4.06. The largest absolute Gasteiger partial charge is 0.337 e. The van der Waals surface area contributed by atoms with Gasteiger partial charge in [0, 0.05) is 19.1 Å². The second kappa shape index (κ2) is 6.96. The molecule has 0 aliphatic carbocycles. The van der Waals surface area contributed by atoms with Crippen molar-refractivity contribution in [1.82, 2.24) is 9.80 Å². The highest BCUT2D eigenvalue weighted by Crippen LogP contribution is 2.32. The number of benzene rings is 2. The Hall–Kier alpha value is -2.20. The zero-order valence-corrected chi connectivity index (χ0v) is 14.3. The van der Waals surface area contributed by atoms with Gasteiger partial charge >= 0.3 is 0 Å². The van der Waals surface area contributed by atoms with E-state index in [4.69, 9.17) is 0 Å². The van der Waals surface area contributed by atoms with Crippen LogP contribution in [0, 0.1) is 5.82 Å². The van der Waals surface area contributed by atoms with Crippen LogP contribution in [0.2, 0.25) is 0 Å². The normalized spacial score (nSPS) is 20.5. The van der Waals surface area contributed by atoms with E-state index in [1.54, 1.807) is 0 Å². The molecule has 1 atom stereocenters. The fraction of sp³-hybridized carbons (Fsp3) is 0.381. The number of fused-ring (bicyclic) bond motifs is 1. The van der Waals surface area contributed by atoms with Crippen molar-refractivity contribution in [3.63, 3.8) is 0 Å². The summed E-state index contributed by atoms with van der Waals surface area (Å²) in [7, 11) is 0. The lowest BCUT2D eigenvalue weighted by atomic mass is 10.00. The van der Waals surface area contributed by atoms with Crippen LogP contribution < -0.4 is 0 Å². The summed E-state index contributed by atoms with van der Waals surface area (Å²) in [6.07, 6.45) is 3.04. The quantitative estimate of drug-likeness (QED) is 0.854. The molecule has 25 heavy (non-hydrogen) atoms. The first-order valence-corrected chi connectivity index (χ1v) is 9.05. The minimum absolute atomic E-state index is 0.198. The van der Waals surface area contributed by atoms with Gasteiger partial charge in [0.2, 0.25) is 5.91 Å². The van der Waals surface area contributed by atoms with E-state index in [0.717, 1.165) is 37.9 Å². The van der Waals surface area contributed by atoms with Crippen molar-refractivity contribution in [3.8, 4) is 0 Å². The standard InChI is InChI=1S/C21H23FN2O/c22-19-9-7-17(8-10-19)20-6-3-12-23(20)15-21(25)24-13-11-16-4-1-2-5-18(16)14-24/h1-2,4-5,7-10,20H,3,6,11-15H2/t20-/m1/s1. The molecule has 0 radical (unpaired) electrons. The van der Waals surface area contributed by atoms with Crippen molar-refractivity contribution in [2.24, 2.45) is 0 Å². The van der Waals surface area contributed by atoms with Crippen LogP contribution in [0.15, 0.2) is 48.5 Å². The average Bonchev–Trinajstić information content (AvgIpc) is 3.10. The molecule has 4 heteroatoms. The molecule has 1 amide bonds. The Labute approximate surface area is 148 Å². The minimum Gasteiger partial charge on any atom is -0.337 e. The van der Waals surface area contributed by atoms with Gasteiger partial charge in [0.25, 0.3) is 0 Å². The smallest absolute Gasteiger partial charge is 0.237 e. The lowest BCUT2D eigenvalue weighted by molar-refractivity contribution is -0.133. The SMILES string of the molecule is O=C(CN1CCC[C@@H]1c1ccc(F)cc1)N1CCc2ccccc2C1. The van der Waals surface area contributed by atoms with Gasteiger partial charge in [-0.25, -0.2) is 4.39 Å². The van der Waals surface area contributed by atoms with Crippen molar-refractivity contribution in [3.05, 3.63) is 71.0 Å². The van der Waals surface area contributed by atoms with Crippen LogP contribution in [-0.4, -0.2) is 35.3 Å². The summed E-state index contributed by atoms with van der Waals surface area (Å²) in [4.78, 5) is 17.0. The molecule has 1 fully saturated rings. The summed E-state index contributed by atoms with van der Waals surface area (Å²) in [5.74, 6) is -0.0140. The first-order chi connectivity index (χ1) is 12.2. The van der Waals surface area contributed by atoms with E-state index in [9.17, 15) is 9.18 Å². The fourth-order valence-corrected chi connectivity index (χ4v) is 4.06. The Morgan fingerprint density at radius 2 is 1.80 bits per heavy atom. The van der Waals surface area contributed by atoms with E-state index in [-0.39, 0.29) is 17.8 Å². The maximum absolute atomic E-state index is 13.2. The Morgan fingerprint density at radius 1 is 1.04 bits per heavy atom. The molecular formula is C21H23FN2O. The number of hydrogen-bond donors (Lipinski definition) is 0. The van der Waals surface area contributed by atoms with Crippen molar-refractivity contribution in [1.29, 1.82) is 0 Å². The van der Waals surface area contributed by atoms with E-state index in [2.05, 4.69) is 23.1 Å². The Bertz CT molecular complexity index is 759. The number of likely N-dealkylation sites (tertiary alicyclic amines) is 1. The highest BCUT2D eigenvalue weighted by molar-refractivity contribution is 5.78. The van der Waals surface area contributed by atoms with Crippen molar-refractivity contribution in [2.45, 2.75) is 31.8 Å². The topological polar surface area (TPSA) is 23.6 Å². The van der Waals surface area contributed by atoms with Gasteiger partial charge in [0.1, 0.15) is 5.82 Å². The summed E-state index contributed by atoms with van der Waals surface area (Å²) in [6, 6.07) is 15.3. The van der Waals surface area contributed by atoms with Crippen molar-refractivity contribution in [2.75, 3.05) is 19.6 Å². The molecule has 0 unspecified atom stereocenters. The maximum atomic E-state index is 13.2. The number of amides is 1. The highest BCUT2D eigenvalue weighted by Gasteiger charge is 2.30. The Morgan fingerprint density at radius 3 is 2.60 bits per heavy atom. The molecule has 0 bridgehead atoms. The molecule has 0 aromatic heterocycles. The lowest BCUT2D eigenvalue weighted by Gasteiger charge is -2.32. The number of carbonyl (C=O) groups is 1. The molecule has 2 aliphatic heterocycles. The Kier molecular flexibility index (Phi) is 4.53. The van der Waals surface area contributed by atoms with Gasteiger partial charge in [0.05, 0.1) is 6.54 Å². The Balaban J connectivity index is 1.43. The third-order valence-electron chi connectivity index (χ3n) is 5.44. The van der Waals surface area contributed by atoms with E-state index >= 15 is 0 Å². The highest BCUT2D eigenvalue weighted by atomic mass is 19.1. The van der Waals surface area contributed by atoms with Gasteiger partial charge in [-0.3, -0.25) is 9.69 Å². The summed E-state index contributed by atoms with van der Waals surface area (Å²) in [5, 5.41) is 0. The molecule has 130 valence electrons. The van der Waals surface area contributed by atoms with Gasteiger partial charge < -0.3 is 4.90 Å². The molecule has 4 rings (SSSR count). The van der Waals surface area contributed by atoms with Gasteiger partial charge in [-0.05, 0) is 54.6 Å². The van der Waals surface area contributed by atoms with E-state index < -0.39 is 0 Å². The number of hydrogen-bond acceptors (Lipinski definition) is 2. The van der Waals surface area contributed by atoms with Crippen LogP contribution in [0.3, 0.4) is 0 Å². The summed E-state index contributed by atoms with van der Waals surface area (Å²) >= 11 is 0. The van der Waals surface area contributed by atoms with E-state index in [1.165, 1.54) is 23.3 Å². The summed E-state index contributed by atoms with van der Waals surface area (Å²) < 4.78 is 13.2. The van der Waals surface area contributed by atoms with Gasteiger partial charge in [-0.1, -0.05) is 36.4 Å². The van der Waals surface area contributed by atoms with Crippen LogP contribution in [0.1, 0.15) is 35.6 Å². The molecule has 0 spiro atoms. The van der Waals surface area contributed by atoms with E-state index in [1.807, 2.05) is 23.1 Å². The van der Waals surface area contributed by atoms with Crippen LogP contribution in [0.5, 0.6) is 0 Å². The lowest BCUT2D eigenvalue weighted by Crippen LogP contribution is -2.42. The van der Waals surface area contributed by atoms with Crippen LogP contribution in [0.4, 0.5) is 4.39 Å². The van der Waals surface area contributed by atoms with Crippen LogP contribution in [0.25, 0.3) is 0 Å². The van der Waals surface area contributed by atoms with Crippen LogP contribution >= 0.6 is 0 Å². The number of halogens is 1. The minimum atomic E-state index is -0.212. The molecule has 2 aliphatic rings. The number of rotatable bonds is 3. The predicted octanol–water partition coefficient (Wildman–Crippen LogP) is 3.55. The third-order valence-corrected chi connectivity index (χ3v) is 5.44. The van der Waals surface area contributed by atoms with Gasteiger partial charge in [0.15, 0.2) is 0 Å². The van der Waals surface area contributed by atoms with Gasteiger partial charge in [-0.2, -0.15) is 0 Å². The first kappa shape index (κ1) is 16.3. The third kappa shape index (κ3) is 3.45. The molecule has 0 saturated carbocycles. The second-order valence-electron chi connectivity index (χ2n) is 7.01. The average molecular weight is 338 g/mol. The van der Waals surface area contributed by atoms with Crippen molar-refractivity contribution >= 4 is 5.91 Å². The molecule has 1 saturated heterocycles. The molecule has 2 aromatic carbocycles. The summed E-state index contributed by atoms with van der Waals surface area (Å²) in [5.41, 5.74) is 3.73. The van der Waals surface area contributed by atoms with Crippen LogP contribution in [-0.2, 0) is 17.8 Å². The molecular weight excluding hydrogens is 315 g/mol. The molecule has 2 aromatic rings. The monoisotopic (exact) mass is 338 g/mol. The van der Waals surface area contributed by atoms with Crippen molar-refractivity contribution < 1.29 is 9.18 Å². The second-order valence-corrected chi connectivity index (χ2v) is 7.01. The zero-order valence-electron chi connectivity index (χ0n) is 14.3. The number of nitrogens with zero attached hydrogens (tertiary/aromatic N) is 2. The molecule has 2 heterocycles. The first-order valence-electron chi connectivity index (χ1n) is 9.05. The molecule has 3 nitrogen and oxygen atoms in total. The summed E-state index contributed by atoms with van der Waals surface area (Å²) in [6.45, 7) is 2.89. The maximum Gasteiger partial charge on any atom is 0.237 e. The zero-order chi connectivity index (χ0) is 17.2. The number of carbonyl (C=O) groups excluding carboxylic acids is 1. The predicted molar refractivity (Wildman–Crippen MR) is 95.5 cm³/mol. The van der Waals surface area contributed by atoms with Gasteiger partial charge in [-0.15, -0.1) is 0 Å².